The van der Waals surface area contributed by atoms with E-state index in [9.17, 15) is 14.0 Å². The molecule has 0 unspecified atom stereocenters. The molecule has 5 nitrogen and oxygen atoms in total. The van der Waals surface area contributed by atoms with Crippen molar-refractivity contribution in [1.29, 1.82) is 0 Å². The summed E-state index contributed by atoms with van der Waals surface area (Å²) in [7, 11) is 1.50. The minimum Gasteiger partial charge on any atom is -0.493 e. The van der Waals surface area contributed by atoms with Gasteiger partial charge in [0.15, 0.2) is 11.5 Å². The van der Waals surface area contributed by atoms with Crippen molar-refractivity contribution in [3.63, 3.8) is 0 Å². The average molecular weight is 644 g/mol. The molecular formula is C25H17Cl2FINO4S. The summed E-state index contributed by atoms with van der Waals surface area (Å²) in [5, 5.41) is 0.374. The van der Waals surface area contributed by atoms with Crippen molar-refractivity contribution >= 4 is 74.8 Å². The molecule has 10 heteroatoms. The van der Waals surface area contributed by atoms with Crippen LogP contribution in [-0.4, -0.2) is 23.2 Å². The molecule has 0 spiro atoms. The average Bonchev–Trinajstić information content (AvgIpc) is 3.08. The maximum Gasteiger partial charge on any atom is 0.293 e. The minimum absolute atomic E-state index is 0.0337. The van der Waals surface area contributed by atoms with E-state index in [1.165, 1.54) is 13.2 Å². The van der Waals surface area contributed by atoms with Crippen molar-refractivity contribution < 1.29 is 23.5 Å². The lowest BCUT2D eigenvalue weighted by Crippen LogP contribution is -2.27. The summed E-state index contributed by atoms with van der Waals surface area (Å²) in [6, 6.07) is 14.8. The number of hydrogen-bond acceptors (Lipinski definition) is 5. The first-order valence-corrected chi connectivity index (χ1v) is 12.8. The smallest absolute Gasteiger partial charge is 0.293 e. The molecule has 1 aliphatic heterocycles. The highest BCUT2D eigenvalue weighted by atomic mass is 127. The van der Waals surface area contributed by atoms with E-state index < -0.39 is 5.91 Å². The van der Waals surface area contributed by atoms with Gasteiger partial charge in [-0.1, -0.05) is 47.5 Å². The molecule has 0 radical (unpaired) electrons. The lowest BCUT2D eigenvalue weighted by molar-refractivity contribution is -0.123. The maximum atomic E-state index is 13.9. The number of rotatable bonds is 7. The van der Waals surface area contributed by atoms with Gasteiger partial charge in [-0.2, -0.15) is 0 Å². The van der Waals surface area contributed by atoms with Crippen molar-refractivity contribution in [3.05, 3.63) is 95.6 Å². The first kappa shape index (κ1) is 25.8. The van der Waals surface area contributed by atoms with Gasteiger partial charge < -0.3 is 9.47 Å². The monoisotopic (exact) mass is 643 g/mol. The molecule has 0 N–H and O–H groups in total. The standard InChI is InChI=1S/C25H17Cl2FINO4S/c1-33-21-10-15(9-20(29)23(21)34-13-16-4-2-3-5-19(16)28)11-22-24(31)30(25(32)35-22)12-14-6-7-17(26)18(27)8-14/h2-11H,12-13H2,1H3/b22-11-. The zero-order chi connectivity index (χ0) is 25.1. The number of thioether (sulfide) groups is 1. The van der Waals surface area contributed by atoms with Gasteiger partial charge in [-0.25, -0.2) is 4.39 Å². The molecule has 2 amide bonds. The summed E-state index contributed by atoms with van der Waals surface area (Å²) in [6.07, 6.45) is 1.63. The molecular weight excluding hydrogens is 627 g/mol. The molecule has 0 bridgehead atoms. The van der Waals surface area contributed by atoms with E-state index >= 15 is 0 Å². The molecule has 180 valence electrons. The molecule has 1 heterocycles. The van der Waals surface area contributed by atoms with Crippen LogP contribution in [0.1, 0.15) is 16.7 Å². The lowest BCUT2D eigenvalue weighted by Gasteiger charge is -2.14. The Morgan fingerprint density at radius 3 is 2.57 bits per heavy atom. The van der Waals surface area contributed by atoms with Gasteiger partial charge in [0.1, 0.15) is 12.4 Å². The fourth-order valence-corrected chi connectivity index (χ4v) is 5.28. The summed E-state index contributed by atoms with van der Waals surface area (Å²) in [5.74, 6) is 0.130. The van der Waals surface area contributed by atoms with Gasteiger partial charge in [0, 0.05) is 5.56 Å². The molecule has 3 aromatic carbocycles. The van der Waals surface area contributed by atoms with Crippen LogP contribution < -0.4 is 9.47 Å². The number of carbonyl (C=O) groups excluding carboxylic acids is 2. The Hall–Kier alpha value is -2.27. The lowest BCUT2D eigenvalue weighted by atomic mass is 10.1. The third-order valence-electron chi connectivity index (χ3n) is 5.08. The Morgan fingerprint density at radius 1 is 1.09 bits per heavy atom. The largest absolute Gasteiger partial charge is 0.493 e. The van der Waals surface area contributed by atoms with Crippen LogP contribution in [0.15, 0.2) is 59.5 Å². The normalized spacial score (nSPS) is 14.7. The van der Waals surface area contributed by atoms with Gasteiger partial charge >= 0.3 is 0 Å². The molecule has 0 aliphatic carbocycles. The summed E-state index contributed by atoms with van der Waals surface area (Å²) in [6.45, 7) is 0.120. The van der Waals surface area contributed by atoms with E-state index in [4.69, 9.17) is 32.7 Å². The predicted octanol–water partition coefficient (Wildman–Crippen LogP) is 7.56. The molecule has 0 atom stereocenters. The predicted molar refractivity (Wildman–Crippen MR) is 144 cm³/mol. The van der Waals surface area contributed by atoms with Crippen LogP contribution in [0.25, 0.3) is 6.08 Å². The Balaban J connectivity index is 1.54. The van der Waals surface area contributed by atoms with Gasteiger partial charge in [0.2, 0.25) is 0 Å². The number of hydrogen-bond donors (Lipinski definition) is 0. The van der Waals surface area contributed by atoms with E-state index in [0.29, 0.717) is 41.8 Å². The molecule has 1 fully saturated rings. The van der Waals surface area contributed by atoms with E-state index in [-0.39, 0.29) is 29.1 Å². The van der Waals surface area contributed by atoms with Crippen molar-refractivity contribution in [3.8, 4) is 11.5 Å². The van der Waals surface area contributed by atoms with Gasteiger partial charge in [-0.3, -0.25) is 14.5 Å². The van der Waals surface area contributed by atoms with E-state index in [1.807, 2.05) is 0 Å². The molecule has 0 aromatic heterocycles. The second-order valence-corrected chi connectivity index (χ2v) is 10.4. The molecule has 0 saturated carbocycles. The third kappa shape index (κ3) is 5.94. The zero-order valence-electron chi connectivity index (χ0n) is 18.2. The number of ether oxygens (including phenoxy) is 2. The number of nitrogens with zero attached hydrogens (tertiary/aromatic N) is 1. The fourth-order valence-electron chi connectivity index (χ4n) is 3.34. The van der Waals surface area contributed by atoms with Crippen LogP contribution in [0.2, 0.25) is 10.0 Å². The maximum absolute atomic E-state index is 13.9. The molecule has 3 aromatic rings. The summed E-state index contributed by atoms with van der Waals surface area (Å²) in [4.78, 5) is 26.9. The van der Waals surface area contributed by atoms with Crippen molar-refractivity contribution in [2.24, 2.45) is 0 Å². The van der Waals surface area contributed by atoms with Crippen molar-refractivity contribution in [2.45, 2.75) is 13.2 Å². The van der Waals surface area contributed by atoms with Crippen molar-refractivity contribution in [2.75, 3.05) is 7.11 Å². The van der Waals surface area contributed by atoms with E-state index in [1.54, 1.807) is 54.6 Å². The molecule has 35 heavy (non-hydrogen) atoms. The number of imide groups is 1. The first-order valence-electron chi connectivity index (χ1n) is 10.2. The molecule has 4 rings (SSSR count). The first-order chi connectivity index (χ1) is 16.8. The number of benzene rings is 3. The quantitative estimate of drug-likeness (QED) is 0.196. The summed E-state index contributed by atoms with van der Waals surface area (Å²) >= 11 is 14.9. The number of carbonyl (C=O) groups is 2. The molecule has 1 saturated heterocycles. The van der Waals surface area contributed by atoms with E-state index in [2.05, 4.69) is 22.6 Å². The van der Waals surface area contributed by atoms with Crippen LogP contribution >= 0.6 is 57.6 Å². The van der Waals surface area contributed by atoms with Crippen LogP contribution in [0.5, 0.6) is 11.5 Å². The Kier molecular flexibility index (Phi) is 8.26. The Bertz CT molecular complexity index is 1350. The highest BCUT2D eigenvalue weighted by molar-refractivity contribution is 14.1. The second-order valence-electron chi connectivity index (χ2n) is 7.43. The van der Waals surface area contributed by atoms with E-state index in [0.717, 1.165) is 16.7 Å². The van der Waals surface area contributed by atoms with Gasteiger partial charge in [-0.05, 0) is 81.9 Å². The highest BCUT2D eigenvalue weighted by Crippen LogP contribution is 2.38. The van der Waals surface area contributed by atoms with Crippen LogP contribution in [0.4, 0.5) is 9.18 Å². The second kappa shape index (κ2) is 11.2. The Morgan fingerprint density at radius 2 is 1.86 bits per heavy atom. The number of halogens is 4. The fraction of sp³-hybridized carbons (Fsp3) is 0.120. The van der Waals surface area contributed by atoms with Crippen LogP contribution in [-0.2, 0) is 17.9 Å². The minimum atomic E-state index is -0.403. The van der Waals surface area contributed by atoms with Gasteiger partial charge in [-0.15, -0.1) is 0 Å². The topological polar surface area (TPSA) is 55.8 Å². The third-order valence-corrected chi connectivity index (χ3v) is 7.53. The van der Waals surface area contributed by atoms with Crippen molar-refractivity contribution in [1.82, 2.24) is 4.90 Å². The van der Waals surface area contributed by atoms with Gasteiger partial charge in [0.25, 0.3) is 11.1 Å². The zero-order valence-corrected chi connectivity index (χ0v) is 22.7. The van der Waals surface area contributed by atoms with Gasteiger partial charge in [0.05, 0.1) is 32.2 Å². The Labute approximate surface area is 229 Å². The number of methoxy groups -OCH3 is 1. The summed E-state index contributed by atoms with van der Waals surface area (Å²) in [5.41, 5.74) is 1.77. The SMILES string of the molecule is COc1cc(/C=C2\SC(=O)N(Cc3ccc(Cl)c(Cl)c3)C2=O)cc(I)c1OCc1ccccc1F. The van der Waals surface area contributed by atoms with Crippen LogP contribution in [0.3, 0.4) is 0 Å². The molecule has 1 aliphatic rings. The number of amides is 2. The highest BCUT2D eigenvalue weighted by Gasteiger charge is 2.35. The summed E-state index contributed by atoms with van der Waals surface area (Å²) < 4.78 is 26.0. The van der Waals surface area contributed by atoms with Crippen LogP contribution in [0, 0.1) is 9.39 Å².